The molecule has 16 heavy (non-hydrogen) atoms. The molecule has 1 fully saturated rings. The van der Waals surface area contributed by atoms with E-state index in [1.165, 1.54) is 5.56 Å². The van der Waals surface area contributed by atoms with E-state index < -0.39 is 0 Å². The largest absolute Gasteiger partial charge is 0.371 e. The summed E-state index contributed by atoms with van der Waals surface area (Å²) in [5, 5.41) is 0. The van der Waals surface area contributed by atoms with E-state index in [2.05, 4.69) is 19.1 Å². The summed E-state index contributed by atoms with van der Waals surface area (Å²) in [5.41, 5.74) is 1.09. The van der Waals surface area contributed by atoms with E-state index in [-0.39, 0.29) is 5.60 Å². The normalized spacial score (nSPS) is 19.7. The van der Waals surface area contributed by atoms with Crippen molar-refractivity contribution in [3.05, 3.63) is 35.9 Å². The molecule has 1 aliphatic rings. The first-order chi connectivity index (χ1) is 7.68. The molecule has 0 aromatic heterocycles. The highest BCUT2D eigenvalue weighted by Crippen LogP contribution is 2.30. The third-order valence-corrected chi connectivity index (χ3v) is 3.30. The number of carbonyl (C=O) groups is 1. The molecule has 0 heterocycles. The zero-order valence-corrected chi connectivity index (χ0v) is 9.74. The Bertz CT molecular complexity index is 346. The Balaban J connectivity index is 1.88. The van der Waals surface area contributed by atoms with Crippen molar-refractivity contribution >= 4 is 5.78 Å². The van der Waals surface area contributed by atoms with E-state index in [1.54, 1.807) is 0 Å². The predicted octanol–water partition coefficient (Wildman–Crippen LogP) is 3.11. The molecule has 0 bridgehead atoms. The maximum absolute atomic E-state index is 11.2. The number of hydrogen-bond acceptors (Lipinski definition) is 2. The Morgan fingerprint density at radius 1 is 1.19 bits per heavy atom. The van der Waals surface area contributed by atoms with Gasteiger partial charge in [-0.3, -0.25) is 4.79 Å². The molecule has 1 saturated carbocycles. The van der Waals surface area contributed by atoms with Crippen LogP contribution < -0.4 is 0 Å². The lowest BCUT2D eigenvalue weighted by molar-refractivity contribution is -0.129. The molecule has 2 heteroatoms. The molecule has 0 spiro atoms. The van der Waals surface area contributed by atoms with Gasteiger partial charge in [-0.25, -0.2) is 0 Å². The van der Waals surface area contributed by atoms with E-state index in [9.17, 15) is 4.79 Å². The number of hydrogen-bond donors (Lipinski definition) is 0. The average molecular weight is 218 g/mol. The van der Waals surface area contributed by atoms with Gasteiger partial charge in [0.15, 0.2) is 0 Å². The molecule has 0 amide bonds. The fraction of sp³-hybridized carbons (Fsp3) is 0.500. The van der Waals surface area contributed by atoms with Crippen LogP contribution in [0.1, 0.15) is 38.2 Å². The number of carbonyl (C=O) groups excluding carboxylic acids is 1. The number of Topliss-reactive ketones (excluding diaryl/α,β-unsaturated/α-hetero) is 1. The van der Waals surface area contributed by atoms with Gasteiger partial charge in [-0.15, -0.1) is 0 Å². The molecule has 0 unspecified atom stereocenters. The van der Waals surface area contributed by atoms with Crippen molar-refractivity contribution in [1.29, 1.82) is 0 Å². The lowest BCUT2D eigenvalue weighted by Crippen LogP contribution is -2.33. The molecule has 1 aliphatic carbocycles. The quantitative estimate of drug-likeness (QED) is 0.779. The van der Waals surface area contributed by atoms with Crippen LogP contribution in [-0.2, 0) is 16.1 Å². The van der Waals surface area contributed by atoms with Gasteiger partial charge in [-0.05, 0) is 25.3 Å². The van der Waals surface area contributed by atoms with Gasteiger partial charge >= 0.3 is 0 Å². The van der Waals surface area contributed by atoms with Crippen LogP contribution in [0.2, 0.25) is 0 Å². The van der Waals surface area contributed by atoms with Gasteiger partial charge in [0.25, 0.3) is 0 Å². The summed E-state index contributed by atoms with van der Waals surface area (Å²) in [6.45, 7) is 2.76. The highest BCUT2D eigenvalue weighted by molar-refractivity contribution is 5.79. The third-order valence-electron chi connectivity index (χ3n) is 3.30. The molecule has 2 nitrogen and oxygen atoms in total. The van der Waals surface area contributed by atoms with Crippen molar-refractivity contribution < 1.29 is 9.53 Å². The summed E-state index contributed by atoms with van der Waals surface area (Å²) in [4.78, 5) is 11.2. The van der Waals surface area contributed by atoms with Crippen LogP contribution in [0.3, 0.4) is 0 Å². The van der Waals surface area contributed by atoms with Gasteiger partial charge < -0.3 is 4.74 Å². The van der Waals surface area contributed by atoms with Gasteiger partial charge in [-0.1, -0.05) is 30.3 Å². The van der Waals surface area contributed by atoms with Crippen LogP contribution in [0, 0.1) is 0 Å². The first-order valence-electron chi connectivity index (χ1n) is 5.88. The second-order valence-corrected chi connectivity index (χ2v) is 4.76. The number of benzene rings is 1. The zero-order chi connectivity index (χ0) is 11.4. The summed E-state index contributed by atoms with van der Waals surface area (Å²) >= 11 is 0. The topological polar surface area (TPSA) is 26.3 Å². The summed E-state index contributed by atoms with van der Waals surface area (Å²) in [6.07, 6.45) is 3.06. The fourth-order valence-electron chi connectivity index (χ4n) is 2.03. The average Bonchev–Trinajstić information content (AvgIpc) is 2.33. The second kappa shape index (κ2) is 4.79. The molecule has 0 N–H and O–H groups in total. The molecular formula is C14H18O2. The van der Waals surface area contributed by atoms with Crippen molar-refractivity contribution in [3.63, 3.8) is 0 Å². The van der Waals surface area contributed by atoms with Crippen LogP contribution in [0.25, 0.3) is 0 Å². The SMILES string of the molecule is CC1(OCc2ccccc2)CCC(=O)CC1. The minimum atomic E-state index is -0.107. The molecule has 0 aliphatic heterocycles. The van der Waals surface area contributed by atoms with Gasteiger partial charge in [-0.2, -0.15) is 0 Å². The molecule has 2 rings (SSSR count). The van der Waals surface area contributed by atoms with E-state index in [1.807, 2.05) is 18.2 Å². The summed E-state index contributed by atoms with van der Waals surface area (Å²) < 4.78 is 5.95. The first-order valence-corrected chi connectivity index (χ1v) is 5.88. The Morgan fingerprint density at radius 3 is 2.44 bits per heavy atom. The van der Waals surface area contributed by atoms with Gasteiger partial charge in [0, 0.05) is 12.8 Å². The van der Waals surface area contributed by atoms with Crippen molar-refractivity contribution in [2.24, 2.45) is 0 Å². The lowest BCUT2D eigenvalue weighted by Gasteiger charge is -2.33. The predicted molar refractivity (Wildman–Crippen MR) is 63.1 cm³/mol. The Hall–Kier alpha value is -1.15. The van der Waals surface area contributed by atoms with Crippen molar-refractivity contribution in [2.75, 3.05) is 0 Å². The molecule has 1 aromatic carbocycles. The van der Waals surface area contributed by atoms with Gasteiger partial charge in [0.05, 0.1) is 12.2 Å². The Labute approximate surface area is 96.6 Å². The van der Waals surface area contributed by atoms with E-state index in [0.717, 1.165) is 12.8 Å². The smallest absolute Gasteiger partial charge is 0.133 e. The fourth-order valence-corrected chi connectivity index (χ4v) is 2.03. The zero-order valence-electron chi connectivity index (χ0n) is 9.74. The molecule has 86 valence electrons. The Kier molecular flexibility index (Phi) is 3.39. The van der Waals surface area contributed by atoms with Crippen LogP contribution in [0.4, 0.5) is 0 Å². The van der Waals surface area contributed by atoms with E-state index >= 15 is 0 Å². The minimum Gasteiger partial charge on any atom is -0.371 e. The summed E-state index contributed by atoms with van der Waals surface area (Å²) in [7, 11) is 0. The van der Waals surface area contributed by atoms with Crippen LogP contribution in [0.15, 0.2) is 30.3 Å². The number of rotatable bonds is 3. The van der Waals surface area contributed by atoms with Crippen LogP contribution in [0.5, 0.6) is 0 Å². The maximum atomic E-state index is 11.2. The van der Waals surface area contributed by atoms with Crippen molar-refractivity contribution in [3.8, 4) is 0 Å². The number of ether oxygens (including phenoxy) is 1. The van der Waals surface area contributed by atoms with E-state index in [0.29, 0.717) is 25.2 Å². The highest BCUT2D eigenvalue weighted by Gasteiger charge is 2.30. The Morgan fingerprint density at radius 2 is 1.81 bits per heavy atom. The monoisotopic (exact) mass is 218 g/mol. The second-order valence-electron chi connectivity index (χ2n) is 4.76. The molecule has 0 radical (unpaired) electrons. The van der Waals surface area contributed by atoms with Crippen LogP contribution >= 0.6 is 0 Å². The lowest BCUT2D eigenvalue weighted by atomic mass is 9.85. The molecule has 1 aromatic rings. The van der Waals surface area contributed by atoms with Gasteiger partial charge in [0.1, 0.15) is 5.78 Å². The summed E-state index contributed by atoms with van der Waals surface area (Å²) in [5.74, 6) is 0.376. The van der Waals surface area contributed by atoms with Crippen molar-refractivity contribution in [2.45, 2.75) is 44.8 Å². The third kappa shape index (κ3) is 2.92. The minimum absolute atomic E-state index is 0.107. The highest BCUT2D eigenvalue weighted by atomic mass is 16.5. The number of ketones is 1. The summed E-state index contributed by atoms with van der Waals surface area (Å²) in [6, 6.07) is 10.2. The maximum Gasteiger partial charge on any atom is 0.133 e. The van der Waals surface area contributed by atoms with Gasteiger partial charge in [0.2, 0.25) is 0 Å². The molecule has 0 atom stereocenters. The molecule has 0 saturated heterocycles. The van der Waals surface area contributed by atoms with Crippen molar-refractivity contribution in [1.82, 2.24) is 0 Å². The first kappa shape index (κ1) is 11.3. The molecular weight excluding hydrogens is 200 g/mol. The van der Waals surface area contributed by atoms with Crippen LogP contribution in [-0.4, -0.2) is 11.4 Å². The standard InChI is InChI=1S/C14H18O2/c1-14(9-7-13(15)8-10-14)16-11-12-5-3-2-4-6-12/h2-6H,7-11H2,1H3. The van der Waals surface area contributed by atoms with E-state index in [4.69, 9.17) is 4.74 Å².